The molecule has 1 heterocycles. The number of aromatic nitrogens is 2. The van der Waals surface area contributed by atoms with Crippen LogP contribution in [-0.4, -0.2) is 16.5 Å². The molecule has 0 aliphatic rings. The molecule has 0 radical (unpaired) electrons. The third kappa shape index (κ3) is 4.88. The Labute approximate surface area is 137 Å². The van der Waals surface area contributed by atoms with Gasteiger partial charge in [0.15, 0.2) is 0 Å². The molecule has 0 unspecified atom stereocenters. The van der Waals surface area contributed by atoms with Gasteiger partial charge in [0.25, 0.3) is 0 Å². The Morgan fingerprint density at radius 2 is 1.91 bits per heavy atom. The van der Waals surface area contributed by atoms with Crippen LogP contribution in [0.5, 0.6) is 0 Å². The van der Waals surface area contributed by atoms with E-state index in [1.165, 1.54) is 0 Å². The van der Waals surface area contributed by atoms with Gasteiger partial charge in [-0.05, 0) is 49.9 Å². The molecule has 5 heteroatoms. The van der Waals surface area contributed by atoms with Crippen LogP contribution < -0.4 is 10.6 Å². The van der Waals surface area contributed by atoms with Gasteiger partial charge in [-0.3, -0.25) is 0 Å². The average Bonchev–Trinajstić information content (AvgIpc) is 2.41. The highest BCUT2D eigenvalue weighted by Crippen LogP contribution is 2.23. The van der Waals surface area contributed by atoms with E-state index in [1.807, 2.05) is 38.1 Å². The molecule has 1 aromatic carbocycles. The van der Waals surface area contributed by atoms with Gasteiger partial charge in [-0.25, -0.2) is 4.98 Å². The maximum absolute atomic E-state index is 5.99. The maximum Gasteiger partial charge on any atom is 0.224 e. The van der Waals surface area contributed by atoms with E-state index in [1.54, 1.807) is 0 Å². The predicted octanol–water partition coefficient (Wildman–Crippen LogP) is 4.95. The molecule has 0 saturated carbocycles. The summed E-state index contributed by atoms with van der Waals surface area (Å²) >= 11 is 5.99. The highest BCUT2D eigenvalue weighted by atomic mass is 35.5. The Morgan fingerprint density at radius 1 is 1.14 bits per heavy atom. The Kier molecular flexibility index (Phi) is 5.61. The standard InChI is InChI=1S/C17H23ClN4/c1-11(2)7-8-19-17-20-13(4)10-16(22-17)21-15-6-5-14(18)9-12(15)3/h5-6,9-11H,7-8H2,1-4H3,(H2,19,20,21,22). The lowest BCUT2D eigenvalue weighted by Crippen LogP contribution is -2.09. The quantitative estimate of drug-likeness (QED) is 0.791. The lowest BCUT2D eigenvalue weighted by molar-refractivity contribution is 0.606. The monoisotopic (exact) mass is 318 g/mol. The topological polar surface area (TPSA) is 49.8 Å². The van der Waals surface area contributed by atoms with E-state index in [4.69, 9.17) is 11.6 Å². The van der Waals surface area contributed by atoms with Crippen molar-refractivity contribution in [2.75, 3.05) is 17.2 Å². The minimum atomic E-state index is 0.659. The van der Waals surface area contributed by atoms with Gasteiger partial charge < -0.3 is 10.6 Å². The smallest absolute Gasteiger partial charge is 0.224 e. The third-order valence-electron chi connectivity index (χ3n) is 3.31. The largest absolute Gasteiger partial charge is 0.354 e. The van der Waals surface area contributed by atoms with Gasteiger partial charge in [0, 0.05) is 29.0 Å². The van der Waals surface area contributed by atoms with Crippen molar-refractivity contribution in [1.82, 2.24) is 9.97 Å². The molecule has 0 aliphatic carbocycles. The number of nitrogens with zero attached hydrogens (tertiary/aromatic N) is 2. The molecule has 22 heavy (non-hydrogen) atoms. The summed E-state index contributed by atoms with van der Waals surface area (Å²) in [4.78, 5) is 8.95. The first-order chi connectivity index (χ1) is 10.4. The lowest BCUT2D eigenvalue weighted by Gasteiger charge is -2.12. The highest BCUT2D eigenvalue weighted by molar-refractivity contribution is 6.30. The van der Waals surface area contributed by atoms with Crippen molar-refractivity contribution in [1.29, 1.82) is 0 Å². The summed E-state index contributed by atoms with van der Waals surface area (Å²) < 4.78 is 0. The summed E-state index contributed by atoms with van der Waals surface area (Å²) in [6.07, 6.45) is 1.09. The summed E-state index contributed by atoms with van der Waals surface area (Å²) in [5, 5.41) is 7.35. The van der Waals surface area contributed by atoms with Crippen LogP contribution in [0.1, 0.15) is 31.5 Å². The number of aryl methyl sites for hydroxylation is 2. The van der Waals surface area contributed by atoms with Gasteiger partial charge >= 0.3 is 0 Å². The fraction of sp³-hybridized carbons (Fsp3) is 0.412. The zero-order valence-corrected chi connectivity index (χ0v) is 14.3. The average molecular weight is 319 g/mol. The van der Waals surface area contributed by atoms with Crippen molar-refractivity contribution in [3.63, 3.8) is 0 Å². The first-order valence-electron chi connectivity index (χ1n) is 7.57. The van der Waals surface area contributed by atoms with Crippen molar-refractivity contribution in [2.24, 2.45) is 5.92 Å². The Bertz CT molecular complexity index is 641. The molecule has 2 rings (SSSR count). The molecule has 0 atom stereocenters. The second kappa shape index (κ2) is 7.45. The number of benzene rings is 1. The van der Waals surface area contributed by atoms with Crippen molar-refractivity contribution in [2.45, 2.75) is 34.1 Å². The number of anilines is 3. The number of halogens is 1. The molecule has 0 amide bonds. The van der Waals surface area contributed by atoms with Gasteiger partial charge in [0.2, 0.25) is 5.95 Å². The number of nitrogens with one attached hydrogen (secondary N) is 2. The number of hydrogen-bond donors (Lipinski definition) is 2. The summed E-state index contributed by atoms with van der Waals surface area (Å²) in [6.45, 7) is 9.27. The number of rotatable bonds is 6. The molecule has 0 fully saturated rings. The Hall–Kier alpha value is -1.81. The van der Waals surface area contributed by atoms with Gasteiger partial charge in [-0.2, -0.15) is 4.98 Å². The van der Waals surface area contributed by atoms with Crippen molar-refractivity contribution < 1.29 is 0 Å². The summed E-state index contributed by atoms with van der Waals surface area (Å²) in [7, 11) is 0. The molecular formula is C17H23ClN4. The molecular weight excluding hydrogens is 296 g/mol. The van der Waals surface area contributed by atoms with Crippen LogP contribution in [0.4, 0.5) is 17.5 Å². The summed E-state index contributed by atoms with van der Waals surface area (Å²) in [5.74, 6) is 2.10. The predicted molar refractivity (Wildman–Crippen MR) is 94.2 cm³/mol. The molecule has 0 aliphatic heterocycles. The van der Waals surface area contributed by atoms with Crippen LogP contribution in [0.25, 0.3) is 0 Å². The van der Waals surface area contributed by atoms with Crippen LogP contribution >= 0.6 is 11.6 Å². The first-order valence-corrected chi connectivity index (χ1v) is 7.94. The van der Waals surface area contributed by atoms with E-state index in [0.29, 0.717) is 11.9 Å². The second-order valence-corrected chi connectivity index (χ2v) is 6.35. The minimum absolute atomic E-state index is 0.659. The van der Waals surface area contributed by atoms with Gasteiger partial charge in [0.1, 0.15) is 5.82 Å². The molecule has 0 saturated heterocycles. The zero-order valence-electron chi connectivity index (χ0n) is 13.6. The summed E-state index contributed by atoms with van der Waals surface area (Å²) in [5.41, 5.74) is 3.00. The molecule has 0 bridgehead atoms. The fourth-order valence-electron chi connectivity index (χ4n) is 2.09. The molecule has 118 valence electrons. The molecule has 2 aromatic rings. The SMILES string of the molecule is Cc1cc(Nc2ccc(Cl)cc2C)nc(NCCC(C)C)n1. The Balaban J connectivity index is 2.12. The Morgan fingerprint density at radius 3 is 2.59 bits per heavy atom. The van der Waals surface area contributed by atoms with E-state index in [-0.39, 0.29) is 0 Å². The van der Waals surface area contributed by atoms with Gasteiger partial charge in [0.05, 0.1) is 0 Å². The first kappa shape index (κ1) is 16.6. The van der Waals surface area contributed by atoms with Crippen LogP contribution in [-0.2, 0) is 0 Å². The van der Waals surface area contributed by atoms with Gasteiger partial charge in [-0.1, -0.05) is 25.4 Å². The van der Waals surface area contributed by atoms with Crippen LogP contribution in [0.2, 0.25) is 5.02 Å². The van der Waals surface area contributed by atoms with E-state index in [9.17, 15) is 0 Å². The van der Waals surface area contributed by atoms with E-state index < -0.39 is 0 Å². The normalized spacial score (nSPS) is 10.8. The lowest BCUT2D eigenvalue weighted by atomic mass is 10.1. The van der Waals surface area contributed by atoms with E-state index in [2.05, 4.69) is 34.4 Å². The molecule has 1 aromatic heterocycles. The van der Waals surface area contributed by atoms with Crippen LogP contribution in [0.3, 0.4) is 0 Å². The molecule has 2 N–H and O–H groups in total. The molecule has 0 spiro atoms. The van der Waals surface area contributed by atoms with Crippen molar-refractivity contribution in [3.8, 4) is 0 Å². The third-order valence-corrected chi connectivity index (χ3v) is 3.55. The number of hydrogen-bond acceptors (Lipinski definition) is 4. The summed E-state index contributed by atoms with van der Waals surface area (Å²) in [6, 6.07) is 7.69. The van der Waals surface area contributed by atoms with Crippen LogP contribution in [0.15, 0.2) is 24.3 Å². The second-order valence-electron chi connectivity index (χ2n) is 5.91. The van der Waals surface area contributed by atoms with Gasteiger partial charge in [-0.15, -0.1) is 0 Å². The van der Waals surface area contributed by atoms with Crippen molar-refractivity contribution in [3.05, 3.63) is 40.5 Å². The minimum Gasteiger partial charge on any atom is -0.354 e. The van der Waals surface area contributed by atoms with Crippen LogP contribution in [0, 0.1) is 19.8 Å². The maximum atomic E-state index is 5.99. The fourth-order valence-corrected chi connectivity index (χ4v) is 2.32. The van der Waals surface area contributed by atoms with E-state index in [0.717, 1.165) is 40.8 Å². The zero-order chi connectivity index (χ0) is 16.1. The highest BCUT2D eigenvalue weighted by Gasteiger charge is 2.05. The van der Waals surface area contributed by atoms with Crippen molar-refractivity contribution >= 4 is 29.1 Å². The molecule has 4 nitrogen and oxygen atoms in total. The van der Waals surface area contributed by atoms with E-state index >= 15 is 0 Å².